The smallest absolute Gasteiger partial charge is 0.270 e. The summed E-state index contributed by atoms with van der Waals surface area (Å²) in [5, 5.41) is 33.1. The van der Waals surface area contributed by atoms with Crippen molar-refractivity contribution < 1.29 is 34.2 Å². The molecule has 4 amide bonds. The molecule has 18 heteroatoms. The van der Waals surface area contributed by atoms with Crippen molar-refractivity contribution in [1.82, 2.24) is 45.6 Å². The molecular formula is C49H64N10O7S. The highest BCUT2D eigenvalue weighted by atomic mass is 32.1. The lowest BCUT2D eigenvalue weighted by Gasteiger charge is -2.39. The van der Waals surface area contributed by atoms with Crippen molar-refractivity contribution in [2.75, 3.05) is 51.1 Å². The number of aryl methyl sites for hydroxylation is 1. The molecular weight excluding hydrogens is 873 g/mol. The molecule has 358 valence electrons. The normalized spacial score (nSPS) is 18.6. The van der Waals surface area contributed by atoms with Crippen LogP contribution in [0.15, 0.2) is 66.4 Å². The van der Waals surface area contributed by atoms with E-state index < -0.39 is 41.5 Å². The quantitative estimate of drug-likeness (QED) is 0.0751. The number of anilines is 1. The molecule has 67 heavy (non-hydrogen) atoms. The van der Waals surface area contributed by atoms with E-state index in [2.05, 4.69) is 58.2 Å². The van der Waals surface area contributed by atoms with E-state index in [0.717, 1.165) is 54.3 Å². The topological polar surface area (TPSA) is 222 Å². The van der Waals surface area contributed by atoms with Gasteiger partial charge in [-0.15, -0.1) is 11.3 Å². The number of ketones is 1. The number of nitrogens with zero attached hydrogens (tertiary/aromatic N) is 6. The molecule has 7 rings (SSSR count). The van der Waals surface area contributed by atoms with Gasteiger partial charge in [-0.05, 0) is 54.0 Å². The van der Waals surface area contributed by atoms with Crippen molar-refractivity contribution >= 4 is 46.6 Å². The van der Waals surface area contributed by atoms with Crippen molar-refractivity contribution in [1.29, 1.82) is 0 Å². The Kier molecular flexibility index (Phi) is 16.5. The van der Waals surface area contributed by atoms with E-state index in [9.17, 15) is 34.2 Å². The molecule has 4 aromatic rings. The molecule has 4 atom stereocenters. The van der Waals surface area contributed by atoms with Gasteiger partial charge in [0.1, 0.15) is 35.7 Å². The third-order valence-corrected chi connectivity index (χ3v) is 13.6. The maximum atomic E-state index is 14.0. The number of fused-ring (bicyclic) bond motifs is 1. The molecule has 5 heterocycles. The van der Waals surface area contributed by atoms with Crippen LogP contribution in [0, 0.1) is 12.3 Å². The van der Waals surface area contributed by atoms with Crippen molar-refractivity contribution in [2.24, 2.45) is 5.41 Å². The number of aliphatic hydroxyl groups excluding tert-OH is 2. The maximum Gasteiger partial charge on any atom is 0.270 e. The molecule has 0 saturated carbocycles. The first-order valence-electron chi connectivity index (χ1n) is 23.2. The Balaban J connectivity index is 0.778. The number of rotatable bonds is 20. The lowest BCUT2D eigenvalue weighted by Crippen LogP contribution is -2.57. The minimum absolute atomic E-state index is 0.0301. The molecule has 3 aliphatic rings. The summed E-state index contributed by atoms with van der Waals surface area (Å²) < 4.78 is 0. The predicted octanol–water partition coefficient (Wildman–Crippen LogP) is 3.09. The lowest BCUT2D eigenvalue weighted by molar-refractivity contribution is -0.144. The zero-order valence-electron chi connectivity index (χ0n) is 38.9. The van der Waals surface area contributed by atoms with Crippen LogP contribution in [0.2, 0.25) is 0 Å². The second kappa shape index (κ2) is 22.4. The average Bonchev–Trinajstić information content (AvgIpc) is 3.92. The van der Waals surface area contributed by atoms with Gasteiger partial charge in [0.15, 0.2) is 0 Å². The van der Waals surface area contributed by atoms with Gasteiger partial charge in [0, 0.05) is 84.1 Å². The van der Waals surface area contributed by atoms with Crippen LogP contribution in [0.4, 0.5) is 5.82 Å². The highest BCUT2D eigenvalue weighted by Gasteiger charge is 2.44. The average molecular weight is 937 g/mol. The van der Waals surface area contributed by atoms with Crippen LogP contribution in [-0.4, -0.2) is 145 Å². The lowest BCUT2D eigenvalue weighted by atomic mass is 9.85. The molecule has 0 bridgehead atoms. The Morgan fingerprint density at radius 1 is 0.910 bits per heavy atom. The Hall–Kier alpha value is -5.66. The molecule has 2 aromatic carbocycles. The summed E-state index contributed by atoms with van der Waals surface area (Å²) in [7, 11) is 0. The summed E-state index contributed by atoms with van der Waals surface area (Å²) in [6.07, 6.45) is 1.66. The third kappa shape index (κ3) is 13.5. The number of hydrogen-bond acceptors (Lipinski definition) is 14. The first-order valence-corrected chi connectivity index (χ1v) is 24.1. The fraction of sp³-hybridized carbons (Fsp3) is 0.510. The summed E-state index contributed by atoms with van der Waals surface area (Å²) in [6, 6.07) is 16.0. The van der Waals surface area contributed by atoms with Crippen LogP contribution in [0.1, 0.15) is 85.7 Å². The van der Waals surface area contributed by atoms with E-state index in [1.165, 1.54) is 22.4 Å². The van der Waals surface area contributed by atoms with E-state index in [4.69, 9.17) is 0 Å². The molecule has 17 nitrogen and oxygen atoms in total. The van der Waals surface area contributed by atoms with E-state index in [0.29, 0.717) is 31.7 Å². The van der Waals surface area contributed by atoms with Crippen molar-refractivity contribution in [3.63, 3.8) is 0 Å². The van der Waals surface area contributed by atoms with Crippen LogP contribution in [-0.2, 0) is 38.7 Å². The molecule has 6 N–H and O–H groups in total. The van der Waals surface area contributed by atoms with E-state index in [-0.39, 0.29) is 68.2 Å². The van der Waals surface area contributed by atoms with Crippen LogP contribution >= 0.6 is 11.3 Å². The van der Waals surface area contributed by atoms with Crippen LogP contribution < -0.4 is 21.3 Å². The molecule has 2 fully saturated rings. The number of likely N-dealkylation sites (tertiary alicyclic amines) is 2. The molecule has 0 aliphatic carbocycles. The van der Waals surface area contributed by atoms with E-state index in [1.807, 2.05) is 69.6 Å². The highest BCUT2D eigenvalue weighted by Crippen LogP contribution is 2.29. The van der Waals surface area contributed by atoms with Crippen molar-refractivity contribution in [2.45, 2.75) is 110 Å². The Morgan fingerprint density at radius 2 is 1.67 bits per heavy atom. The predicted molar refractivity (Wildman–Crippen MR) is 255 cm³/mol. The van der Waals surface area contributed by atoms with Gasteiger partial charge in [-0.2, -0.15) is 0 Å². The van der Waals surface area contributed by atoms with Crippen LogP contribution in [0.25, 0.3) is 10.4 Å². The number of carbonyl (C=O) groups excluding carboxylic acids is 5. The monoisotopic (exact) mass is 936 g/mol. The van der Waals surface area contributed by atoms with Crippen molar-refractivity contribution in [3.05, 3.63) is 94.5 Å². The Labute approximate surface area is 396 Å². The second-order valence-electron chi connectivity index (χ2n) is 19.1. The number of Topliss-reactive ketones (excluding diaryl/α,β-unsaturated/α-hetero) is 1. The summed E-state index contributed by atoms with van der Waals surface area (Å²) in [5.41, 5.74) is 6.79. The zero-order chi connectivity index (χ0) is 47.7. The van der Waals surface area contributed by atoms with Gasteiger partial charge >= 0.3 is 0 Å². The largest absolute Gasteiger partial charge is 0.391 e. The summed E-state index contributed by atoms with van der Waals surface area (Å²) in [5.74, 6) is -1.17. The number of benzene rings is 2. The first kappa shape index (κ1) is 49.3. The number of nitrogens with one attached hydrogen (secondary N) is 4. The number of β-amino-alcohol motifs (C(OH)–C–C–N with tert-alkyl or cyclic N) is 2. The minimum atomic E-state index is -0.981. The summed E-state index contributed by atoms with van der Waals surface area (Å²) in [6.45, 7) is 12.0. The maximum absolute atomic E-state index is 14.0. The number of thiazole rings is 1. The first-order chi connectivity index (χ1) is 32.1. The number of aromatic nitrogens is 3. The van der Waals surface area contributed by atoms with Crippen molar-refractivity contribution in [3.8, 4) is 10.4 Å². The van der Waals surface area contributed by atoms with Gasteiger partial charge in [-0.25, -0.2) is 15.0 Å². The molecule has 0 radical (unpaired) electrons. The molecule has 0 spiro atoms. The SMILES string of the molecule is Cc1ncsc1-c1ccc(CNC(=O)[C@@H]2C[C@@H](O)CN2C(=O)[C@@H](NC(=O)CCC(=O)CCCN2CC(Nc3cc(C(=O)NC[C@H](O)CN4CCc5ccccc5C4)ncn3)C2)C(C)(C)C)cc1. The molecule has 0 unspecified atom stereocenters. The van der Waals surface area contributed by atoms with E-state index in [1.54, 1.807) is 17.4 Å². The molecule has 3 aliphatic heterocycles. The van der Waals surface area contributed by atoms with Crippen LogP contribution in [0.3, 0.4) is 0 Å². The summed E-state index contributed by atoms with van der Waals surface area (Å²) in [4.78, 5) is 85.9. The van der Waals surface area contributed by atoms with Gasteiger partial charge in [0.2, 0.25) is 17.7 Å². The standard InChI is InChI=1S/C49H64N10O7S/c1-31-44(67-30-54-31)34-13-11-32(12-14-34)22-50-47(65)41-20-38(61)28-59(41)48(66)45(49(2,3)4)56-43(63)16-15-37(60)10-7-18-57-25-36(26-57)55-42-21-40(52-29-53-42)46(64)51-23-39(62)27-58-19-17-33-8-5-6-9-35(33)24-58/h5-6,8-9,11-14,21,29-30,36,38-39,41,45,61-62H,7,10,15-20,22-28H2,1-4H3,(H,50,65)(H,51,64)(H,56,63)(H,52,53,55)/t38-,39+,41+,45-/m1/s1. The second-order valence-corrected chi connectivity index (χ2v) is 19.9. The highest BCUT2D eigenvalue weighted by molar-refractivity contribution is 7.13. The van der Waals surface area contributed by atoms with E-state index >= 15 is 0 Å². The zero-order valence-corrected chi connectivity index (χ0v) is 39.7. The van der Waals surface area contributed by atoms with Gasteiger partial charge in [0.05, 0.1) is 34.3 Å². The Morgan fingerprint density at radius 3 is 2.40 bits per heavy atom. The summed E-state index contributed by atoms with van der Waals surface area (Å²) >= 11 is 1.57. The molecule has 2 aromatic heterocycles. The molecule has 2 saturated heterocycles. The minimum Gasteiger partial charge on any atom is -0.391 e. The number of aliphatic hydroxyl groups is 2. The fourth-order valence-electron chi connectivity index (χ4n) is 8.88. The fourth-order valence-corrected chi connectivity index (χ4v) is 9.69. The van der Waals surface area contributed by atoms with Gasteiger partial charge in [-0.3, -0.25) is 33.8 Å². The Bertz CT molecular complexity index is 2370. The number of carbonyl (C=O) groups is 5. The number of hydrogen-bond donors (Lipinski definition) is 6. The third-order valence-electron chi connectivity index (χ3n) is 12.7. The van der Waals surface area contributed by atoms with Gasteiger partial charge in [0.25, 0.3) is 5.91 Å². The van der Waals surface area contributed by atoms with Crippen LogP contribution in [0.5, 0.6) is 0 Å². The van der Waals surface area contributed by atoms with Gasteiger partial charge < -0.3 is 36.4 Å². The van der Waals surface area contributed by atoms with Gasteiger partial charge in [-0.1, -0.05) is 69.3 Å². The number of amides is 4.